The number of ether oxygens (including phenoxy) is 2. The average Bonchev–Trinajstić information content (AvgIpc) is 2.45. The highest BCUT2D eigenvalue weighted by Crippen LogP contribution is 2.23. The van der Waals surface area contributed by atoms with Gasteiger partial charge in [0.15, 0.2) is 0 Å². The van der Waals surface area contributed by atoms with Crippen molar-refractivity contribution in [2.24, 2.45) is 5.41 Å². The summed E-state index contributed by atoms with van der Waals surface area (Å²) in [6.45, 7) is 7.57. The van der Waals surface area contributed by atoms with Crippen molar-refractivity contribution in [3.05, 3.63) is 11.4 Å². The van der Waals surface area contributed by atoms with Gasteiger partial charge in [0.25, 0.3) is 0 Å². The molecule has 7 heteroatoms. The molecule has 1 heterocycles. The van der Waals surface area contributed by atoms with Crippen molar-refractivity contribution in [3.63, 3.8) is 0 Å². The molecule has 22 heavy (non-hydrogen) atoms. The molecule has 0 aromatic heterocycles. The lowest BCUT2D eigenvalue weighted by Crippen LogP contribution is -2.37. The second-order valence-corrected chi connectivity index (χ2v) is 6.04. The Morgan fingerprint density at radius 1 is 1.18 bits per heavy atom. The van der Waals surface area contributed by atoms with E-state index in [1.165, 1.54) is 5.06 Å². The number of piperidine rings is 1. The molecule has 0 spiro atoms. The number of hydroxylamine groups is 2. The van der Waals surface area contributed by atoms with Gasteiger partial charge in [-0.3, -0.25) is 0 Å². The Labute approximate surface area is 130 Å². The van der Waals surface area contributed by atoms with Crippen molar-refractivity contribution in [2.75, 3.05) is 26.3 Å². The van der Waals surface area contributed by atoms with Gasteiger partial charge in [0.1, 0.15) is 12.4 Å². The summed E-state index contributed by atoms with van der Waals surface area (Å²) in [4.78, 5) is 28.0. The van der Waals surface area contributed by atoms with Gasteiger partial charge in [0.05, 0.1) is 12.0 Å². The van der Waals surface area contributed by atoms with Crippen molar-refractivity contribution in [1.29, 1.82) is 0 Å². The van der Waals surface area contributed by atoms with Crippen LogP contribution >= 0.6 is 0 Å². The van der Waals surface area contributed by atoms with Crippen LogP contribution in [0.2, 0.25) is 0 Å². The Balaban J connectivity index is 2.42. The van der Waals surface area contributed by atoms with Crippen molar-refractivity contribution in [1.82, 2.24) is 5.06 Å². The van der Waals surface area contributed by atoms with Crippen LogP contribution in [0.5, 0.6) is 0 Å². The fourth-order valence-electron chi connectivity index (χ4n) is 1.76. The molecule has 0 unspecified atom stereocenters. The second-order valence-electron chi connectivity index (χ2n) is 6.04. The third kappa shape index (κ3) is 6.01. The first-order valence-corrected chi connectivity index (χ1v) is 7.37. The summed E-state index contributed by atoms with van der Waals surface area (Å²) in [7, 11) is 0. The minimum absolute atomic E-state index is 0.186. The van der Waals surface area contributed by atoms with Gasteiger partial charge in [-0.05, 0) is 46.1 Å². The highest BCUT2D eigenvalue weighted by molar-refractivity contribution is 5.75. The van der Waals surface area contributed by atoms with E-state index >= 15 is 0 Å². The number of hydrogen-bond donors (Lipinski definition) is 0. The van der Waals surface area contributed by atoms with Crippen LogP contribution in [0.25, 0.3) is 0 Å². The van der Waals surface area contributed by atoms with Gasteiger partial charge in [-0.15, -0.1) is 5.06 Å². The maximum Gasteiger partial charge on any atom is 0.508 e. The second kappa shape index (κ2) is 8.12. The van der Waals surface area contributed by atoms with E-state index in [2.05, 4.69) is 9.47 Å². The first-order valence-electron chi connectivity index (χ1n) is 7.37. The zero-order chi connectivity index (χ0) is 16.8. The van der Waals surface area contributed by atoms with E-state index in [0.29, 0.717) is 31.5 Å². The number of hydrogen-bond acceptors (Lipinski definition) is 6. The van der Waals surface area contributed by atoms with Crippen molar-refractivity contribution >= 4 is 12.1 Å². The Morgan fingerprint density at radius 2 is 1.77 bits per heavy atom. The summed E-state index contributed by atoms with van der Waals surface area (Å²) in [5, 5.41) is 1.54. The molecule has 0 aliphatic carbocycles. The Bertz CT molecular complexity index is 432. The molecule has 1 rings (SSSR count). The lowest BCUT2D eigenvalue weighted by atomic mass is 9.98. The number of halogens is 1. The van der Waals surface area contributed by atoms with Crippen LogP contribution in [-0.4, -0.2) is 43.5 Å². The van der Waals surface area contributed by atoms with Gasteiger partial charge in [-0.1, -0.05) is 0 Å². The number of rotatable bonds is 4. The normalized spacial score (nSPS) is 16.1. The van der Waals surface area contributed by atoms with Gasteiger partial charge in [0.2, 0.25) is 0 Å². The number of carbonyl (C=O) groups is 2. The molecule has 0 radical (unpaired) electrons. The molecule has 1 fully saturated rings. The third-order valence-electron chi connectivity index (χ3n) is 3.11. The Kier molecular flexibility index (Phi) is 6.80. The average molecular weight is 317 g/mol. The molecule has 0 aromatic carbocycles. The Hall–Kier alpha value is -1.63. The topological polar surface area (TPSA) is 65.1 Å². The molecule has 0 bridgehead atoms. The van der Waals surface area contributed by atoms with Gasteiger partial charge in [0, 0.05) is 13.1 Å². The van der Waals surface area contributed by atoms with E-state index in [-0.39, 0.29) is 12.6 Å². The standard InChI is InChI=1S/C15H24FNO5/c1-5-20-14(19)21-10-12(16)11-6-8-17(9-7-11)22-13(18)15(2,3)4/h5-10H2,1-4H3. The monoisotopic (exact) mass is 317 g/mol. The van der Waals surface area contributed by atoms with Crippen LogP contribution in [0.3, 0.4) is 0 Å². The van der Waals surface area contributed by atoms with Gasteiger partial charge < -0.3 is 14.3 Å². The van der Waals surface area contributed by atoms with Gasteiger partial charge in [-0.25, -0.2) is 14.0 Å². The zero-order valence-electron chi connectivity index (χ0n) is 13.6. The minimum atomic E-state index is -0.880. The maximum absolute atomic E-state index is 13.9. The van der Waals surface area contributed by atoms with Gasteiger partial charge in [-0.2, -0.15) is 0 Å². The van der Waals surface area contributed by atoms with E-state index in [1.807, 2.05) is 0 Å². The molecule has 6 nitrogen and oxygen atoms in total. The highest BCUT2D eigenvalue weighted by atomic mass is 19.1. The number of carbonyl (C=O) groups excluding carboxylic acids is 2. The first kappa shape index (κ1) is 18.4. The molecule has 0 aromatic rings. The molecule has 0 amide bonds. The third-order valence-corrected chi connectivity index (χ3v) is 3.11. The molecule has 0 atom stereocenters. The van der Waals surface area contributed by atoms with Crippen LogP contribution in [0.1, 0.15) is 40.5 Å². The summed E-state index contributed by atoms with van der Waals surface area (Å²) in [5.74, 6) is -0.777. The van der Waals surface area contributed by atoms with Crippen molar-refractivity contribution in [3.8, 4) is 0 Å². The lowest BCUT2D eigenvalue weighted by molar-refractivity contribution is -0.202. The Morgan fingerprint density at radius 3 is 2.27 bits per heavy atom. The fraction of sp³-hybridized carbons (Fsp3) is 0.733. The van der Waals surface area contributed by atoms with E-state index in [9.17, 15) is 14.0 Å². The predicted octanol–water partition coefficient (Wildman–Crippen LogP) is 2.98. The van der Waals surface area contributed by atoms with Crippen LogP contribution in [-0.2, 0) is 19.1 Å². The quantitative estimate of drug-likeness (QED) is 0.743. The molecule has 1 aliphatic heterocycles. The summed E-state index contributed by atoms with van der Waals surface area (Å²) >= 11 is 0. The molecule has 0 saturated carbocycles. The molecule has 1 saturated heterocycles. The largest absolute Gasteiger partial charge is 0.508 e. The van der Waals surface area contributed by atoms with Crippen LogP contribution < -0.4 is 0 Å². The van der Waals surface area contributed by atoms with Gasteiger partial charge >= 0.3 is 12.1 Å². The zero-order valence-corrected chi connectivity index (χ0v) is 13.6. The lowest BCUT2D eigenvalue weighted by Gasteiger charge is -2.29. The summed E-state index contributed by atoms with van der Waals surface area (Å²) in [6.07, 6.45) is -0.0278. The number of nitrogens with zero attached hydrogens (tertiary/aromatic N) is 1. The van der Waals surface area contributed by atoms with Crippen molar-refractivity contribution < 1.29 is 28.3 Å². The first-order chi connectivity index (χ1) is 10.2. The molecular formula is C15H24FNO5. The maximum atomic E-state index is 13.9. The highest BCUT2D eigenvalue weighted by Gasteiger charge is 2.27. The van der Waals surface area contributed by atoms with E-state index in [1.54, 1.807) is 27.7 Å². The van der Waals surface area contributed by atoms with Crippen molar-refractivity contribution in [2.45, 2.75) is 40.5 Å². The molecule has 1 aliphatic rings. The molecule has 0 N–H and O–H groups in total. The SMILES string of the molecule is CCOC(=O)OCC(F)=C1CCN(OC(=O)C(C)(C)C)CC1. The van der Waals surface area contributed by atoms with E-state index in [4.69, 9.17) is 4.84 Å². The smallest absolute Gasteiger partial charge is 0.435 e. The fourth-order valence-corrected chi connectivity index (χ4v) is 1.76. The summed E-state index contributed by atoms with van der Waals surface area (Å²) < 4.78 is 23.1. The van der Waals surface area contributed by atoms with Crippen LogP contribution in [0.15, 0.2) is 11.4 Å². The molecule has 126 valence electrons. The van der Waals surface area contributed by atoms with E-state index in [0.717, 1.165) is 0 Å². The molecular weight excluding hydrogens is 293 g/mol. The summed E-state index contributed by atoms with van der Waals surface area (Å²) in [6, 6.07) is 0. The summed E-state index contributed by atoms with van der Waals surface area (Å²) in [5.41, 5.74) is 0.00170. The minimum Gasteiger partial charge on any atom is -0.435 e. The van der Waals surface area contributed by atoms with Crippen LogP contribution in [0.4, 0.5) is 9.18 Å². The predicted molar refractivity (Wildman–Crippen MR) is 77.5 cm³/mol. The van der Waals surface area contributed by atoms with Crippen LogP contribution in [0, 0.1) is 5.41 Å². The van der Waals surface area contributed by atoms with E-state index < -0.39 is 24.0 Å².